The van der Waals surface area contributed by atoms with Crippen LogP contribution in [0.1, 0.15) is 47.8 Å². The van der Waals surface area contributed by atoms with Crippen molar-refractivity contribution in [3.05, 3.63) is 58.7 Å². The fourth-order valence-corrected chi connectivity index (χ4v) is 3.77. The molecule has 0 saturated heterocycles. The molecule has 2 aromatic carbocycles. The highest BCUT2D eigenvalue weighted by molar-refractivity contribution is 14.1. The number of halogens is 1. The van der Waals surface area contributed by atoms with Crippen LogP contribution in [0.5, 0.6) is 11.5 Å². The number of rotatable bonds is 5. The van der Waals surface area contributed by atoms with Gasteiger partial charge in [0.05, 0.1) is 19.2 Å². The van der Waals surface area contributed by atoms with Crippen LogP contribution in [0, 0.1) is 0 Å². The lowest BCUT2D eigenvalue weighted by Crippen LogP contribution is -2.41. The van der Waals surface area contributed by atoms with Gasteiger partial charge in [-0.25, -0.2) is 0 Å². The number of ether oxygens (including phenoxy) is 2. The SMILES string of the molecule is COc1ccc(COc2ccc(CI)c3c2CN(C(C)(C)C)C3=O)cc1. The van der Waals surface area contributed by atoms with Crippen molar-refractivity contribution in [3.8, 4) is 11.5 Å². The first-order valence-electron chi connectivity index (χ1n) is 8.63. The summed E-state index contributed by atoms with van der Waals surface area (Å²) in [6.45, 7) is 7.26. The minimum Gasteiger partial charge on any atom is -0.497 e. The van der Waals surface area contributed by atoms with Crippen molar-refractivity contribution in [1.29, 1.82) is 0 Å². The van der Waals surface area contributed by atoms with Crippen LogP contribution in [0.15, 0.2) is 36.4 Å². The van der Waals surface area contributed by atoms with Crippen LogP contribution < -0.4 is 9.47 Å². The number of nitrogens with zero attached hydrogens (tertiary/aromatic N) is 1. The van der Waals surface area contributed by atoms with E-state index in [1.54, 1.807) is 7.11 Å². The van der Waals surface area contributed by atoms with Gasteiger partial charge >= 0.3 is 0 Å². The molecule has 1 heterocycles. The fourth-order valence-electron chi connectivity index (χ4n) is 3.14. The lowest BCUT2D eigenvalue weighted by molar-refractivity contribution is 0.0608. The molecule has 0 saturated carbocycles. The van der Waals surface area contributed by atoms with E-state index < -0.39 is 0 Å². The summed E-state index contributed by atoms with van der Waals surface area (Å²) in [7, 11) is 1.65. The molecular weight excluding hydrogens is 441 g/mol. The normalized spacial score (nSPS) is 13.7. The number of benzene rings is 2. The molecule has 0 radical (unpaired) electrons. The zero-order valence-corrected chi connectivity index (χ0v) is 17.8. The number of fused-ring (bicyclic) bond motifs is 1. The van der Waals surface area contributed by atoms with E-state index in [0.29, 0.717) is 13.2 Å². The molecule has 0 atom stereocenters. The van der Waals surface area contributed by atoms with Gasteiger partial charge in [-0.05, 0) is 50.1 Å². The van der Waals surface area contributed by atoms with E-state index in [4.69, 9.17) is 9.47 Å². The Morgan fingerprint density at radius 1 is 1.12 bits per heavy atom. The Kier molecular flexibility index (Phi) is 5.46. The first kappa shape index (κ1) is 19.0. The maximum atomic E-state index is 13.0. The zero-order chi connectivity index (χ0) is 18.9. The average molecular weight is 465 g/mol. The first-order chi connectivity index (χ1) is 12.3. The third-order valence-electron chi connectivity index (χ3n) is 4.64. The molecule has 0 bridgehead atoms. The number of hydrogen-bond acceptors (Lipinski definition) is 3. The van der Waals surface area contributed by atoms with Gasteiger partial charge < -0.3 is 14.4 Å². The Balaban J connectivity index is 1.87. The molecule has 5 heteroatoms. The molecular formula is C21H24INO3. The largest absolute Gasteiger partial charge is 0.497 e. The zero-order valence-electron chi connectivity index (χ0n) is 15.6. The summed E-state index contributed by atoms with van der Waals surface area (Å²) < 4.78 is 12.1. The highest BCUT2D eigenvalue weighted by Gasteiger charge is 2.38. The Bertz CT molecular complexity index is 809. The molecule has 0 fully saturated rings. The van der Waals surface area contributed by atoms with Gasteiger partial charge in [0.25, 0.3) is 5.91 Å². The Labute approximate surface area is 168 Å². The van der Waals surface area contributed by atoms with E-state index in [9.17, 15) is 4.79 Å². The van der Waals surface area contributed by atoms with Gasteiger partial charge in [-0.15, -0.1) is 0 Å². The molecule has 1 aliphatic rings. The summed E-state index contributed by atoms with van der Waals surface area (Å²) in [5.74, 6) is 1.73. The molecule has 1 aliphatic heterocycles. The molecule has 1 amide bonds. The molecule has 4 nitrogen and oxygen atoms in total. The van der Waals surface area contributed by atoms with Crippen molar-refractivity contribution >= 4 is 28.5 Å². The molecule has 0 aromatic heterocycles. The van der Waals surface area contributed by atoms with Crippen molar-refractivity contribution < 1.29 is 14.3 Å². The van der Waals surface area contributed by atoms with Crippen LogP contribution in [0.2, 0.25) is 0 Å². The minimum atomic E-state index is -0.216. The van der Waals surface area contributed by atoms with Gasteiger partial charge in [-0.1, -0.05) is 40.8 Å². The van der Waals surface area contributed by atoms with Crippen molar-refractivity contribution in [2.45, 2.75) is 43.9 Å². The Morgan fingerprint density at radius 3 is 2.38 bits per heavy atom. The predicted molar refractivity (Wildman–Crippen MR) is 111 cm³/mol. The number of carbonyl (C=O) groups excluding carboxylic acids is 1. The minimum absolute atomic E-state index is 0.106. The monoisotopic (exact) mass is 465 g/mol. The average Bonchev–Trinajstić information content (AvgIpc) is 2.98. The molecule has 0 spiro atoms. The molecule has 26 heavy (non-hydrogen) atoms. The molecule has 0 unspecified atom stereocenters. The summed E-state index contributed by atoms with van der Waals surface area (Å²) in [6, 6.07) is 11.8. The Hall–Kier alpha value is -1.76. The highest BCUT2D eigenvalue weighted by atomic mass is 127. The summed E-state index contributed by atoms with van der Waals surface area (Å²) in [5, 5.41) is 0. The van der Waals surface area contributed by atoms with Gasteiger partial charge in [0.2, 0.25) is 0 Å². The summed E-state index contributed by atoms with van der Waals surface area (Å²) in [5.41, 5.74) is 3.75. The molecule has 0 N–H and O–H groups in total. The molecule has 3 rings (SSSR count). The van der Waals surface area contributed by atoms with Gasteiger partial charge in [0, 0.05) is 15.5 Å². The highest BCUT2D eigenvalue weighted by Crippen LogP contribution is 2.38. The molecule has 138 valence electrons. The van der Waals surface area contributed by atoms with Gasteiger partial charge in [0.15, 0.2) is 0 Å². The smallest absolute Gasteiger partial charge is 0.255 e. The summed E-state index contributed by atoms with van der Waals surface area (Å²) in [4.78, 5) is 14.9. The second kappa shape index (κ2) is 7.47. The van der Waals surface area contributed by atoms with Crippen LogP contribution in [-0.2, 0) is 17.6 Å². The number of alkyl halides is 1. The van der Waals surface area contributed by atoms with Crippen molar-refractivity contribution in [1.82, 2.24) is 4.90 Å². The van der Waals surface area contributed by atoms with Crippen LogP contribution in [0.4, 0.5) is 0 Å². The lowest BCUT2D eigenvalue weighted by atomic mass is 10.0. The van der Waals surface area contributed by atoms with E-state index in [1.165, 1.54) is 0 Å². The van der Waals surface area contributed by atoms with E-state index in [0.717, 1.165) is 38.2 Å². The van der Waals surface area contributed by atoms with E-state index in [2.05, 4.69) is 43.4 Å². The number of methoxy groups -OCH3 is 1. The lowest BCUT2D eigenvalue weighted by Gasteiger charge is -2.31. The third-order valence-corrected chi connectivity index (χ3v) is 5.46. The molecule has 0 aliphatic carbocycles. The molecule has 2 aromatic rings. The topological polar surface area (TPSA) is 38.8 Å². The first-order valence-corrected chi connectivity index (χ1v) is 10.2. The van der Waals surface area contributed by atoms with Crippen molar-refractivity contribution in [3.63, 3.8) is 0 Å². The van der Waals surface area contributed by atoms with Crippen LogP contribution in [-0.4, -0.2) is 23.5 Å². The van der Waals surface area contributed by atoms with Crippen molar-refractivity contribution in [2.75, 3.05) is 7.11 Å². The van der Waals surface area contributed by atoms with E-state index in [-0.39, 0.29) is 11.4 Å². The standard InChI is InChI=1S/C21H24INO3/c1-21(2,3)23-12-17-18(10-7-15(11-22)19(17)20(23)24)26-13-14-5-8-16(25-4)9-6-14/h5-10H,11-13H2,1-4H3. The van der Waals surface area contributed by atoms with Crippen molar-refractivity contribution in [2.24, 2.45) is 0 Å². The maximum absolute atomic E-state index is 13.0. The van der Waals surface area contributed by atoms with E-state index in [1.807, 2.05) is 41.3 Å². The number of amides is 1. The van der Waals surface area contributed by atoms with Gasteiger partial charge in [-0.2, -0.15) is 0 Å². The second-order valence-electron chi connectivity index (χ2n) is 7.41. The van der Waals surface area contributed by atoms with E-state index >= 15 is 0 Å². The fraction of sp³-hybridized carbons (Fsp3) is 0.381. The predicted octanol–water partition coefficient (Wildman–Crippen LogP) is 4.96. The quantitative estimate of drug-likeness (QED) is 0.463. The number of carbonyl (C=O) groups is 1. The van der Waals surface area contributed by atoms with Crippen LogP contribution in [0.3, 0.4) is 0 Å². The second-order valence-corrected chi connectivity index (χ2v) is 8.17. The third kappa shape index (κ3) is 3.68. The van der Waals surface area contributed by atoms with Crippen LogP contribution >= 0.6 is 22.6 Å². The number of hydrogen-bond donors (Lipinski definition) is 0. The maximum Gasteiger partial charge on any atom is 0.255 e. The van der Waals surface area contributed by atoms with Crippen LogP contribution in [0.25, 0.3) is 0 Å². The van der Waals surface area contributed by atoms with Gasteiger partial charge in [0.1, 0.15) is 18.1 Å². The summed E-state index contributed by atoms with van der Waals surface area (Å²) >= 11 is 2.31. The van der Waals surface area contributed by atoms with Gasteiger partial charge in [-0.3, -0.25) is 4.79 Å². The Morgan fingerprint density at radius 2 is 1.81 bits per heavy atom. The summed E-state index contributed by atoms with van der Waals surface area (Å²) in [6.07, 6.45) is 0.